The Morgan fingerprint density at radius 1 is 1.50 bits per heavy atom. The summed E-state index contributed by atoms with van der Waals surface area (Å²) >= 11 is 0. The maximum absolute atomic E-state index is 11.5. The Bertz CT molecular complexity index is 177. The fourth-order valence-electron chi connectivity index (χ4n) is 2.00. The van der Waals surface area contributed by atoms with E-state index in [0.717, 1.165) is 13.0 Å². The van der Waals surface area contributed by atoms with Crippen LogP contribution in [0.5, 0.6) is 0 Å². The Morgan fingerprint density at radius 3 is 2.42 bits per heavy atom. The topological polar surface area (TPSA) is 20.3 Å². The van der Waals surface area contributed by atoms with E-state index in [1.165, 1.54) is 0 Å². The molecular formula is C10H19NO. The molecule has 2 atom stereocenters. The molecule has 2 nitrogen and oxygen atoms in total. The van der Waals surface area contributed by atoms with E-state index < -0.39 is 0 Å². The minimum absolute atomic E-state index is 0.310. The second-order valence-corrected chi connectivity index (χ2v) is 4.10. The highest BCUT2D eigenvalue weighted by Gasteiger charge is 2.42. The maximum Gasteiger partial charge on any atom is 0.228 e. The van der Waals surface area contributed by atoms with Crippen molar-refractivity contribution in [3.05, 3.63) is 0 Å². The van der Waals surface area contributed by atoms with Gasteiger partial charge in [0.1, 0.15) is 0 Å². The molecule has 0 saturated carbocycles. The monoisotopic (exact) mass is 169 g/mol. The standard InChI is InChI=1S/C10H19NO/c1-5-11-8(4)9(10(11)12)6-7(2)3/h7-9H,5-6H2,1-4H3/t8-,9-/m0/s1. The molecule has 1 aliphatic rings. The van der Waals surface area contributed by atoms with Gasteiger partial charge in [-0.25, -0.2) is 0 Å². The van der Waals surface area contributed by atoms with Gasteiger partial charge >= 0.3 is 0 Å². The van der Waals surface area contributed by atoms with Crippen molar-refractivity contribution in [2.45, 2.75) is 40.2 Å². The minimum atomic E-state index is 0.310. The van der Waals surface area contributed by atoms with E-state index in [1.807, 2.05) is 11.8 Å². The molecule has 0 spiro atoms. The Balaban J connectivity index is 2.45. The number of β-lactam (4-membered cyclic amide) rings is 1. The molecule has 0 aromatic carbocycles. The zero-order chi connectivity index (χ0) is 9.30. The van der Waals surface area contributed by atoms with Crippen molar-refractivity contribution in [1.29, 1.82) is 0 Å². The highest BCUT2D eigenvalue weighted by atomic mass is 16.2. The minimum Gasteiger partial charge on any atom is -0.339 e. The predicted octanol–water partition coefficient (Wildman–Crippen LogP) is 1.90. The van der Waals surface area contributed by atoms with Crippen LogP contribution < -0.4 is 0 Å². The predicted molar refractivity (Wildman–Crippen MR) is 49.8 cm³/mol. The van der Waals surface area contributed by atoms with Crippen molar-refractivity contribution in [1.82, 2.24) is 4.90 Å². The van der Waals surface area contributed by atoms with Crippen LogP contribution in [0.15, 0.2) is 0 Å². The normalized spacial score (nSPS) is 29.4. The summed E-state index contributed by atoms with van der Waals surface area (Å²) in [6, 6.07) is 0.477. The van der Waals surface area contributed by atoms with Gasteiger partial charge in [-0.3, -0.25) is 4.79 Å². The van der Waals surface area contributed by atoms with Crippen LogP contribution in [0.2, 0.25) is 0 Å². The molecule has 0 aliphatic carbocycles. The average Bonchev–Trinajstić information content (AvgIpc) is 2.01. The molecule has 0 bridgehead atoms. The smallest absolute Gasteiger partial charge is 0.228 e. The molecule has 0 radical (unpaired) electrons. The number of amides is 1. The van der Waals surface area contributed by atoms with E-state index >= 15 is 0 Å². The van der Waals surface area contributed by atoms with Crippen LogP contribution in [0.3, 0.4) is 0 Å². The SMILES string of the molecule is CCN1C(=O)[C@@H](CC(C)C)[C@@H]1C. The molecule has 2 heteroatoms. The Labute approximate surface area is 74.9 Å². The van der Waals surface area contributed by atoms with E-state index in [1.54, 1.807) is 0 Å². The van der Waals surface area contributed by atoms with Crippen molar-refractivity contribution >= 4 is 5.91 Å². The lowest BCUT2D eigenvalue weighted by Crippen LogP contribution is -2.59. The van der Waals surface area contributed by atoms with Crippen LogP contribution in [0.25, 0.3) is 0 Å². The Kier molecular flexibility index (Phi) is 2.76. The molecule has 0 N–H and O–H groups in total. The Hall–Kier alpha value is -0.530. The van der Waals surface area contributed by atoms with Crippen LogP contribution in [-0.2, 0) is 4.79 Å². The summed E-state index contributed by atoms with van der Waals surface area (Å²) in [7, 11) is 0. The molecule has 12 heavy (non-hydrogen) atoms. The van der Waals surface area contributed by atoms with E-state index in [2.05, 4.69) is 20.8 Å². The van der Waals surface area contributed by atoms with Gasteiger partial charge in [-0.15, -0.1) is 0 Å². The van der Waals surface area contributed by atoms with Gasteiger partial charge in [0.15, 0.2) is 0 Å². The van der Waals surface area contributed by atoms with Crippen LogP contribution >= 0.6 is 0 Å². The van der Waals surface area contributed by atoms with E-state index in [9.17, 15) is 4.79 Å². The number of hydrogen-bond donors (Lipinski definition) is 0. The van der Waals surface area contributed by atoms with Crippen molar-refractivity contribution in [2.75, 3.05) is 6.54 Å². The molecule has 0 aromatic rings. The van der Waals surface area contributed by atoms with E-state index in [-0.39, 0.29) is 0 Å². The van der Waals surface area contributed by atoms with Gasteiger partial charge < -0.3 is 4.90 Å². The molecule has 0 aromatic heterocycles. The summed E-state index contributed by atoms with van der Waals surface area (Å²) in [4.78, 5) is 13.4. The zero-order valence-electron chi connectivity index (χ0n) is 8.50. The Morgan fingerprint density at radius 2 is 2.08 bits per heavy atom. The van der Waals surface area contributed by atoms with Crippen molar-refractivity contribution in [2.24, 2.45) is 11.8 Å². The molecule has 1 aliphatic heterocycles. The first kappa shape index (κ1) is 9.56. The highest BCUT2D eigenvalue weighted by molar-refractivity contribution is 5.85. The third-order valence-corrected chi connectivity index (χ3v) is 2.74. The first-order valence-corrected chi connectivity index (χ1v) is 4.88. The van der Waals surface area contributed by atoms with Crippen molar-refractivity contribution in [3.63, 3.8) is 0 Å². The molecule has 1 heterocycles. The summed E-state index contributed by atoms with van der Waals surface area (Å²) in [5.41, 5.74) is 0. The lowest BCUT2D eigenvalue weighted by Gasteiger charge is -2.45. The molecule has 1 fully saturated rings. The molecule has 1 amide bonds. The molecule has 70 valence electrons. The number of rotatable bonds is 3. The maximum atomic E-state index is 11.5. The third-order valence-electron chi connectivity index (χ3n) is 2.74. The van der Waals surface area contributed by atoms with Crippen LogP contribution in [-0.4, -0.2) is 23.4 Å². The summed E-state index contributed by atoms with van der Waals surface area (Å²) < 4.78 is 0. The van der Waals surface area contributed by atoms with Crippen molar-refractivity contribution in [3.8, 4) is 0 Å². The highest BCUT2D eigenvalue weighted by Crippen LogP contribution is 2.30. The molecule has 1 rings (SSSR count). The molecule has 1 saturated heterocycles. The average molecular weight is 169 g/mol. The number of likely N-dealkylation sites (tertiary alicyclic amines) is 1. The lowest BCUT2D eigenvalue weighted by molar-refractivity contribution is -0.155. The van der Waals surface area contributed by atoms with Crippen LogP contribution in [0.4, 0.5) is 0 Å². The number of carbonyl (C=O) groups excluding carboxylic acids is 1. The molecular weight excluding hydrogens is 150 g/mol. The molecule has 0 unspecified atom stereocenters. The second kappa shape index (κ2) is 3.46. The summed E-state index contributed by atoms with van der Waals surface area (Å²) in [5.74, 6) is 1.31. The fourth-order valence-corrected chi connectivity index (χ4v) is 2.00. The van der Waals surface area contributed by atoms with Crippen LogP contribution in [0.1, 0.15) is 34.1 Å². The second-order valence-electron chi connectivity index (χ2n) is 4.10. The fraction of sp³-hybridized carbons (Fsp3) is 0.900. The lowest BCUT2D eigenvalue weighted by atomic mass is 9.82. The summed E-state index contributed by atoms with van der Waals surface area (Å²) in [6.07, 6.45) is 1.05. The number of nitrogens with zero attached hydrogens (tertiary/aromatic N) is 1. The van der Waals surface area contributed by atoms with Gasteiger partial charge in [-0.1, -0.05) is 13.8 Å². The van der Waals surface area contributed by atoms with Gasteiger partial charge in [0, 0.05) is 12.6 Å². The van der Waals surface area contributed by atoms with Gasteiger partial charge in [-0.2, -0.15) is 0 Å². The summed E-state index contributed by atoms with van der Waals surface area (Å²) in [6.45, 7) is 9.41. The number of hydrogen-bond acceptors (Lipinski definition) is 1. The first-order valence-electron chi connectivity index (χ1n) is 4.88. The first-order chi connectivity index (χ1) is 5.57. The van der Waals surface area contributed by atoms with Gasteiger partial charge in [0.2, 0.25) is 5.91 Å². The summed E-state index contributed by atoms with van der Waals surface area (Å²) in [5, 5.41) is 0. The zero-order valence-corrected chi connectivity index (χ0v) is 8.50. The van der Waals surface area contributed by atoms with Gasteiger partial charge in [-0.05, 0) is 26.2 Å². The quantitative estimate of drug-likeness (QED) is 0.591. The van der Waals surface area contributed by atoms with Crippen molar-refractivity contribution < 1.29 is 4.79 Å². The largest absolute Gasteiger partial charge is 0.339 e. The van der Waals surface area contributed by atoms with E-state index in [4.69, 9.17) is 0 Å². The van der Waals surface area contributed by atoms with Crippen LogP contribution in [0, 0.1) is 11.8 Å². The van der Waals surface area contributed by atoms with E-state index in [0.29, 0.717) is 23.8 Å². The third kappa shape index (κ3) is 1.47. The van der Waals surface area contributed by atoms with Gasteiger partial charge in [0.05, 0.1) is 5.92 Å². The van der Waals surface area contributed by atoms with Gasteiger partial charge in [0.25, 0.3) is 0 Å². The number of carbonyl (C=O) groups is 1.